The molecular weight excluding hydrogens is 252 g/mol. The van der Waals surface area contributed by atoms with Gasteiger partial charge in [0.15, 0.2) is 15.6 Å². The number of hydrogen-bond acceptors (Lipinski definition) is 4. The minimum Gasteiger partial charge on any atom is -0.497 e. The van der Waals surface area contributed by atoms with E-state index in [1.54, 1.807) is 12.1 Å². The van der Waals surface area contributed by atoms with Crippen molar-refractivity contribution in [1.82, 2.24) is 0 Å². The largest absolute Gasteiger partial charge is 0.497 e. The summed E-state index contributed by atoms with van der Waals surface area (Å²) < 4.78 is 29.8. The van der Waals surface area contributed by atoms with E-state index in [1.165, 1.54) is 19.2 Å². The Hall–Kier alpha value is -1.36. The number of ether oxygens (including phenoxy) is 1. The molecule has 1 aromatic carbocycles. The summed E-state index contributed by atoms with van der Waals surface area (Å²) in [7, 11) is -2.09. The standard InChI is InChI=1S/C13H16O4S/c1-17-10-5-4-6-11(9-10)18(15,16)13-8-3-2-7-12(13)14/h4-6,9,13H,2-3,7-8H2,1H3. The highest BCUT2D eigenvalue weighted by Gasteiger charge is 2.35. The highest BCUT2D eigenvalue weighted by atomic mass is 32.2. The van der Waals surface area contributed by atoms with Crippen LogP contribution in [0.15, 0.2) is 29.2 Å². The molecular formula is C13H16O4S. The molecule has 18 heavy (non-hydrogen) atoms. The van der Waals surface area contributed by atoms with Crippen LogP contribution in [0.2, 0.25) is 0 Å². The third-order valence-corrected chi connectivity index (χ3v) is 5.40. The third kappa shape index (κ3) is 2.41. The van der Waals surface area contributed by atoms with Crippen LogP contribution in [0.4, 0.5) is 0 Å². The van der Waals surface area contributed by atoms with Crippen molar-refractivity contribution in [3.63, 3.8) is 0 Å². The monoisotopic (exact) mass is 268 g/mol. The molecule has 4 nitrogen and oxygen atoms in total. The smallest absolute Gasteiger partial charge is 0.188 e. The molecule has 0 saturated heterocycles. The van der Waals surface area contributed by atoms with Crippen LogP contribution in [0.25, 0.3) is 0 Å². The Bertz CT molecular complexity index is 548. The Balaban J connectivity index is 2.37. The van der Waals surface area contributed by atoms with Gasteiger partial charge in [-0.1, -0.05) is 12.5 Å². The summed E-state index contributed by atoms with van der Waals surface area (Å²) in [5.74, 6) is 0.323. The second-order valence-corrected chi connectivity index (χ2v) is 6.56. The Labute approximate surface area is 107 Å². The van der Waals surface area contributed by atoms with Crippen LogP contribution in [-0.4, -0.2) is 26.6 Å². The fourth-order valence-corrected chi connectivity index (χ4v) is 4.04. The van der Waals surface area contributed by atoms with Gasteiger partial charge >= 0.3 is 0 Å². The van der Waals surface area contributed by atoms with Gasteiger partial charge in [0.05, 0.1) is 12.0 Å². The van der Waals surface area contributed by atoms with Crippen LogP contribution in [0.1, 0.15) is 25.7 Å². The molecule has 98 valence electrons. The predicted molar refractivity (Wildman–Crippen MR) is 67.4 cm³/mol. The Morgan fingerprint density at radius 3 is 2.72 bits per heavy atom. The maximum atomic E-state index is 12.4. The van der Waals surface area contributed by atoms with E-state index in [1.807, 2.05) is 0 Å². The molecule has 0 aromatic heterocycles. The van der Waals surface area contributed by atoms with Crippen LogP contribution >= 0.6 is 0 Å². The Morgan fingerprint density at radius 2 is 2.06 bits per heavy atom. The molecule has 2 rings (SSSR count). The first-order valence-corrected chi connectivity index (χ1v) is 7.51. The zero-order chi connectivity index (χ0) is 13.2. The van der Waals surface area contributed by atoms with E-state index in [4.69, 9.17) is 4.74 Å². The zero-order valence-electron chi connectivity index (χ0n) is 10.3. The lowest BCUT2D eigenvalue weighted by molar-refractivity contribution is -0.119. The summed E-state index contributed by atoms with van der Waals surface area (Å²) >= 11 is 0. The van der Waals surface area contributed by atoms with E-state index in [2.05, 4.69) is 0 Å². The number of methoxy groups -OCH3 is 1. The minimum atomic E-state index is -3.57. The van der Waals surface area contributed by atoms with Crippen LogP contribution in [0.3, 0.4) is 0 Å². The Morgan fingerprint density at radius 1 is 1.28 bits per heavy atom. The van der Waals surface area contributed by atoms with Crippen molar-refractivity contribution >= 4 is 15.6 Å². The number of carbonyl (C=O) groups excluding carboxylic acids is 1. The third-order valence-electron chi connectivity index (χ3n) is 3.24. The second kappa shape index (κ2) is 5.10. The summed E-state index contributed by atoms with van der Waals surface area (Å²) in [5, 5.41) is -0.877. The summed E-state index contributed by atoms with van der Waals surface area (Å²) in [6, 6.07) is 6.29. The molecule has 1 aromatic rings. The molecule has 1 unspecified atom stereocenters. The molecule has 0 N–H and O–H groups in total. The second-order valence-electron chi connectivity index (χ2n) is 4.42. The van der Waals surface area contributed by atoms with Crippen LogP contribution in [0, 0.1) is 0 Å². The van der Waals surface area contributed by atoms with Gasteiger partial charge in [-0.15, -0.1) is 0 Å². The van der Waals surface area contributed by atoms with Crippen molar-refractivity contribution in [2.24, 2.45) is 0 Å². The van der Waals surface area contributed by atoms with Crippen LogP contribution in [0.5, 0.6) is 5.75 Å². The molecule has 1 aliphatic carbocycles. The molecule has 1 saturated carbocycles. The first-order valence-electron chi connectivity index (χ1n) is 5.96. The summed E-state index contributed by atoms with van der Waals surface area (Å²) in [6.45, 7) is 0. The minimum absolute atomic E-state index is 0.163. The fourth-order valence-electron chi connectivity index (χ4n) is 2.22. The van der Waals surface area contributed by atoms with E-state index in [9.17, 15) is 13.2 Å². The summed E-state index contributed by atoms with van der Waals surface area (Å²) in [5.41, 5.74) is 0. The maximum absolute atomic E-state index is 12.4. The van der Waals surface area contributed by atoms with Gasteiger partial charge in [-0.3, -0.25) is 4.79 Å². The molecule has 5 heteroatoms. The van der Waals surface area contributed by atoms with Crippen LogP contribution in [-0.2, 0) is 14.6 Å². The number of carbonyl (C=O) groups is 1. The topological polar surface area (TPSA) is 60.4 Å². The SMILES string of the molecule is COc1cccc(S(=O)(=O)C2CCCCC2=O)c1. The van der Waals surface area contributed by atoms with Gasteiger partial charge < -0.3 is 4.74 Å². The van der Waals surface area contributed by atoms with Crippen molar-refractivity contribution in [2.45, 2.75) is 35.8 Å². The van der Waals surface area contributed by atoms with Gasteiger partial charge in [-0.25, -0.2) is 8.42 Å². The molecule has 0 bridgehead atoms. The van der Waals surface area contributed by atoms with Gasteiger partial charge in [0, 0.05) is 6.42 Å². The molecule has 1 aliphatic rings. The van der Waals surface area contributed by atoms with Gasteiger partial charge in [-0.05, 0) is 31.0 Å². The highest BCUT2D eigenvalue weighted by Crippen LogP contribution is 2.28. The average Bonchev–Trinajstić information content (AvgIpc) is 2.39. The lowest BCUT2D eigenvalue weighted by atomic mass is 9.99. The number of sulfone groups is 1. The molecule has 1 atom stereocenters. The van der Waals surface area contributed by atoms with Gasteiger partial charge in [0.1, 0.15) is 11.0 Å². The van der Waals surface area contributed by atoms with Crippen molar-refractivity contribution in [2.75, 3.05) is 7.11 Å². The molecule has 0 heterocycles. The molecule has 0 radical (unpaired) electrons. The highest BCUT2D eigenvalue weighted by molar-refractivity contribution is 7.92. The average molecular weight is 268 g/mol. The van der Waals surface area contributed by atoms with E-state index in [0.29, 0.717) is 18.6 Å². The number of benzene rings is 1. The van der Waals surface area contributed by atoms with E-state index >= 15 is 0 Å². The molecule has 0 amide bonds. The summed E-state index contributed by atoms with van der Waals surface area (Å²) in [6.07, 6.45) is 2.38. The lowest BCUT2D eigenvalue weighted by Gasteiger charge is -2.20. The number of ketones is 1. The van der Waals surface area contributed by atoms with Crippen LogP contribution < -0.4 is 4.74 Å². The lowest BCUT2D eigenvalue weighted by Crippen LogP contribution is -2.33. The van der Waals surface area contributed by atoms with Gasteiger partial charge in [-0.2, -0.15) is 0 Å². The number of hydrogen-bond donors (Lipinski definition) is 0. The van der Waals surface area contributed by atoms with Crippen molar-refractivity contribution in [3.8, 4) is 5.75 Å². The zero-order valence-corrected chi connectivity index (χ0v) is 11.1. The number of rotatable bonds is 3. The van der Waals surface area contributed by atoms with Crippen molar-refractivity contribution in [1.29, 1.82) is 0 Å². The summed E-state index contributed by atoms with van der Waals surface area (Å²) in [4.78, 5) is 11.9. The Kier molecular flexibility index (Phi) is 3.71. The predicted octanol–water partition coefficient (Wildman–Crippen LogP) is 1.98. The van der Waals surface area contributed by atoms with Gasteiger partial charge in [0.25, 0.3) is 0 Å². The first kappa shape index (κ1) is 13.1. The number of Topliss-reactive ketones (excluding diaryl/α,β-unsaturated/α-hetero) is 1. The van der Waals surface area contributed by atoms with E-state index in [-0.39, 0.29) is 10.7 Å². The molecule has 0 spiro atoms. The maximum Gasteiger partial charge on any atom is 0.188 e. The van der Waals surface area contributed by atoms with Gasteiger partial charge in [0.2, 0.25) is 0 Å². The normalized spacial score (nSPS) is 20.7. The van der Waals surface area contributed by atoms with E-state index in [0.717, 1.165) is 12.8 Å². The molecule has 0 aliphatic heterocycles. The van der Waals surface area contributed by atoms with E-state index < -0.39 is 15.1 Å². The quantitative estimate of drug-likeness (QED) is 0.841. The molecule has 1 fully saturated rings. The first-order chi connectivity index (χ1) is 8.55. The van der Waals surface area contributed by atoms with Crippen molar-refractivity contribution < 1.29 is 17.9 Å². The van der Waals surface area contributed by atoms with Crippen molar-refractivity contribution in [3.05, 3.63) is 24.3 Å². The fraction of sp³-hybridized carbons (Fsp3) is 0.462.